The molecule has 1 aromatic rings. The molecule has 1 aliphatic heterocycles. The summed E-state index contributed by atoms with van der Waals surface area (Å²) >= 11 is 3.48. The van der Waals surface area contributed by atoms with Gasteiger partial charge in [0.25, 0.3) is 0 Å². The van der Waals surface area contributed by atoms with Crippen LogP contribution in [0.1, 0.15) is 30.1 Å². The lowest BCUT2D eigenvalue weighted by Gasteiger charge is -2.22. The molecule has 0 spiro atoms. The van der Waals surface area contributed by atoms with Gasteiger partial charge in [-0.15, -0.1) is 0 Å². The molecule has 1 aromatic heterocycles. The van der Waals surface area contributed by atoms with E-state index in [0.717, 1.165) is 24.1 Å². The third-order valence-corrected chi connectivity index (χ3v) is 3.45. The van der Waals surface area contributed by atoms with Gasteiger partial charge < -0.3 is 5.32 Å². The van der Waals surface area contributed by atoms with Gasteiger partial charge in [-0.05, 0) is 32.9 Å². The van der Waals surface area contributed by atoms with Gasteiger partial charge in [-0.3, -0.25) is 4.68 Å². The molecule has 14 heavy (non-hydrogen) atoms. The first-order chi connectivity index (χ1) is 6.81. The lowest BCUT2D eigenvalue weighted by molar-refractivity contribution is 0.342. The van der Waals surface area contributed by atoms with E-state index in [1.54, 1.807) is 0 Å². The smallest absolute Gasteiger partial charge is 0.0634 e. The maximum absolute atomic E-state index is 4.56. The van der Waals surface area contributed by atoms with Crippen LogP contribution in [0.5, 0.6) is 0 Å². The summed E-state index contributed by atoms with van der Waals surface area (Å²) < 4.78 is 2.15. The van der Waals surface area contributed by atoms with Crippen molar-refractivity contribution < 1.29 is 0 Å². The summed E-state index contributed by atoms with van der Waals surface area (Å²) in [6.07, 6.45) is 4.58. The summed E-state index contributed by atoms with van der Waals surface area (Å²) in [5.74, 6) is 0. The van der Waals surface area contributed by atoms with Crippen molar-refractivity contribution in [2.45, 2.75) is 31.1 Å². The SMILES string of the molecule is Cc1nn(C2CCNCC2)cc1CBr. The number of rotatable bonds is 2. The third-order valence-electron chi connectivity index (χ3n) is 2.85. The largest absolute Gasteiger partial charge is 0.317 e. The molecule has 0 aromatic carbocycles. The molecule has 0 saturated carbocycles. The van der Waals surface area contributed by atoms with Gasteiger partial charge in [-0.1, -0.05) is 15.9 Å². The monoisotopic (exact) mass is 257 g/mol. The lowest BCUT2D eigenvalue weighted by atomic mass is 10.1. The normalized spacial score (nSPS) is 18.7. The van der Waals surface area contributed by atoms with Crippen molar-refractivity contribution in [3.8, 4) is 0 Å². The molecule has 0 radical (unpaired) electrons. The van der Waals surface area contributed by atoms with Crippen LogP contribution in [0.4, 0.5) is 0 Å². The van der Waals surface area contributed by atoms with Gasteiger partial charge >= 0.3 is 0 Å². The first-order valence-electron chi connectivity index (χ1n) is 5.12. The molecule has 0 unspecified atom stereocenters. The fraction of sp³-hybridized carbons (Fsp3) is 0.700. The maximum Gasteiger partial charge on any atom is 0.0634 e. The summed E-state index contributed by atoms with van der Waals surface area (Å²) in [6.45, 7) is 4.31. The van der Waals surface area contributed by atoms with Gasteiger partial charge in [0.2, 0.25) is 0 Å². The van der Waals surface area contributed by atoms with E-state index in [1.807, 2.05) is 0 Å². The molecule has 4 heteroatoms. The summed E-state index contributed by atoms with van der Waals surface area (Å²) in [6, 6.07) is 0.600. The highest BCUT2D eigenvalue weighted by Crippen LogP contribution is 2.20. The number of nitrogens with one attached hydrogen (secondary N) is 1. The Morgan fingerprint density at radius 2 is 2.29 bits per heavy atom. The second-order valence-corrected chi connectivity index (χ2v) is 4.40. The molecular weight excluding hydrogens is 242 g/mol. The Morgan fingerprint density at radius 3 is 2.86 bits per heavy atom. The van der Waals surface area contributed by atoms with Gasteiger partial charge in [0.1, 0.15) is 0 Å². The average Bonchev–Trinajstić information content (AvgIpc) is 2.61. The zero-order chi connectivity index (χ0) is 9.97. The van der Waals surface area contributed by atoms with Crippen molar-refractivity contribution in [2.75, 3.05) is 13.1 Å². The first kappa shape index (κ1) is 10.2. The molecule has 0 bridgehead atoms. The molecule has 2 rings (SSSR count). The number of nitrogens with zero attached hydrogens (tertiary/aromatic N) is 2. The van der Waals surface area contributed by atoms with E-state index in [0.29, 0.717) is 6.04 Å². The number of piperidine rings is 1. The molecule has 0 atom stereocenters. The van der Waals surface area contributed by atoms with Crippen molar-refractivity contribution in [1.82, 2.24) is 15.1 Å². The molecule has 1 fully saturated rings. The topological polar surface area (TPSA) is 29.9 Å². The Kier molecular flexibility index (Phi) is 3.23. The summed E-state index contributed by atoms with van der Waals surface area (Å²) in [4.78, 5) is 0. The van der Waals surface area contributed by atoms with Crippen LogP contribution in [0.3, 0.4) is 0 Å². The molecule has 0 aliphatic carbocycles. The van der Waals surface area contributed by atoms with Crippen molar-refractivity contribution in [1.29, 1.82) is 0 Å². The summed E-state index contributed by atoms with van der Waals surface area (Å²) in [5, 5.41) is 8.84. The predicted molar refractivity (Wildman–Crippen MR) is 60.7 cm³/mol. The second-order valence-electron chi connectivity index (χ2n) is 3.83. The van der Waals surface area contributed by atoms with Gasteiger partial charge in [-0.25, -0.2) is 0 Å². The van der Waals surface area contributed by atoms with Crippen molar-refractivity contribution in [3.63, 3.8) is 0 Å². The molecule has 1 saturated heterocycles. The number of hydrogen-bond donors (Lipinski definition) is 1. The Balaban J connectivity index is 2.14. The van der Waals surface area contributed by atoms with Crippen LogP contribution in [0.25, 0.3) is 0 Å². The Hall–Kier alpha value is -0.350. The van der Waals surface area contributed by atoms with Crippen LogP contribution in [0.15, 0.2) is 6.20 Å². The fourth-order valence-corrected chi connectivity index (χ4v) is 2.46. The number of aryl methyl sites for hydroxylation is 1. The van der Waals surface area contributed by atoms with Crippen molar-refractivity contribution in [2.24, 2.45) is 0 Å². The highest BCUT2D eigenvalue weighted by molar-refractivity contribution is 9.08. The van der Waals surface area contributed by atoms with E-state index in [1.165, 1.54) is 18.4 Å². The Bertz CT molecular complexity index is 302. The van der Waals surface area contributed by atoms with E-state index in [-0.39, 0.29) is 0 Å². The van der Waals surface area contributed by atoms with E-state index < -0.39 is 0 Å². The number of alkyl halides is 1. The van der Waals surface area contributed by atoms with Crippen LogP contribution in [0.2, 0.25) is 0 Å². The fourth-order valence-electron chi connectivity index (χ4n) is 1.91. The second kappa shape index (κ2) is 4.45. The number of hydrogen-bond acceptors (Lipinski definition) is 2. The van der Waals surface area contributed by atoms with Crippen LogP contribution in [-0.2, 0) is 5.33 Å². The van der Waals surface area contributed by atoms with Crippen molar-refractivity contribution in [3.05, 3.63) is 17.5 Å². The third kappa shape index (κ3) is 2.01. The molecule has 1 aliphatic rings. The van der Waals surface area contributed by atoms with Crippen molar-refractivity contribution >= 4 is 15.9 Å². The standard InChI is InChI=1S/C10H16BrN3/c1-8-9(6-11)7-14(13-8)10-2-4-12-5-3-10/h7,10,12H,2-6H2,1H3. The zero-order valence-corrected chi connectivity index (χ0v) is 10.0. The summed E-state index contributed by atoms with van der Waals surface area (Å²) in [7, 11) is 0. The Morgan fingerprint density at radius 1 is 1.57 bits per heavy atom. The van der Waals surface area contributed by atoms with Gasteiger partial charge in [0.15, 0.2) is 0 Å². The Labute approximate surface area is 93.0 Å². The van der Waals surface area contributed by atoms with Crippen LogP contribution < -0.4 is 5.32 Å². The highest BCUT2D eigenvalue weighted by Gasteiger charge is 2.16. The molecule has 3 nitrogen and oxygen atoms in total. The predicted octanol–water partition coefficient (Wildman–Crippen LogP) is 2.01. The molecule has 0 amide bonds. The van der Waals surface area contributed by atoms with Crippen LogP contribution in [0, 0.1) is 6.92 Å². The number of halogens is 1. The molecule has 1 N–H and O–H groups in total. The van der Waals surface area contributed by atoms with E-state index in [9.17, 15) is 0 Å². The molecule has 78 valence electrons. The van der Waals surface area contributed by atoms with Gasteiger partial charge in [0.05, 0.1) is 11.7 Å². The maximum atomic E-state index is 4.56. The summed E-state index contributed by atoms with van der Waals surface area (Å²) in [5.41, 5.74) is 2.46. The van der Waals surface area contributed by atoms with Gasteiger partial charge in [-0.2, -0.15) is 5.10 Å². The lowest BCUT2D eigenvalue weighted by Crippen LogP contribution is -2.29. The molecular formula is C10H16BrN3. The van der Waals surface area contributed by atoms with E-state index in [2.05, 4.69) is 44.1 Å². The first-order valence-corrected chi connectivity index (χ1v) is 6.24. The van der Waals surface area contributed by atoms with Gasteiger partial charge in [0, 0.05) is 17.1 Å². The molecule has 2 heterocycles. The minimum Gasteiger partial charge on any atom is -0.317 e. The zero-order valence-electron chi connectivity index (χ0n) is 8.46. The van der Waals surface area contributed by atoms with Crippen LogP contribution >= 0.6 is 15.9 Å². The van der Waals surface area contributed by atoms with E-state index >= 15 is 0 Å². The minimum absolute atomic E-state index is 0.600. The van der Waals surface area contributed by atoms with E-state index in [4.69, 9.17) is 0 Å². The average molecular weight is 258 g/mol. The quantitative estimate of drug-likeness (QED) is 0.822. The number of aromatic nitrogens is 2. The highest BCUT2D eigenvalue weighted by atomic mass is 79.9. The minimum atomic E-state index is 0.600. The van der Waals surface area contributed by atoms with Crippen LogP contribution in [-0.4, -0.2) is 22.9 Å².